The molecule has 4 heteroatoms. The van der Waals surface area contributed by atoms with Crippen LogP contribution in [0.2, 0.25) is 0 Å². The van der Waals surface area contributed by atoms with Crippen molar-refractivity contribution in [1.29, 1.82) is 0 Å². The van der Waals surface area contributed by atoms with Crippen LogP contribution < -0.4 is 4.74 Å². The average molecular weight is 219 g/mol. The topological polar surface area (TPSA) is 39.2 Å². The molecule has 0 spiro atoms. The minimum absolute atomic E-state index is 0.510. The summed E-state index contributed by atoms with van der Waals surface area (Å²) in [5.41, 5.74) is 1.62. The fraction of sp³-hybridized carbons (Fsp3) is 0.0909. The lowest BCUT2D eigenvalue weighted by Gasteiger charge is -1.95. The summed E-state index contributed by atoms with van der Waals surface area (Å²) in [6, 6.07) is 9.59. The molecule has 0 unspecified atom stereocenters. The molecule has 1 aromatic heterocycles. The second-order valence-corrected chi connectivity index (χ2v) is 3.87. The van der Waals surface area contributed by atoms with E-state index in [-0.39, 0.29) is 0 Å². The van der Waals surface area contributed by atoms with Crippen LogP contribution in [0.5, 0.6) is 5.19 Å². The first-order chi connectivity index (χ1) is 7.35. The fourth-order valence-electron chi connectivity index (χ4n) is 1.28. The van der Waals surface area contributed by atoms with Gasteiger partial charge in [-0.15, -0.1) is 0 Å². The number of ether oxygens (including phenoxy) is 1. The van der Waals surface area contributed by atoms with Crippen LogP contribution in [-0.4, -0.2) is 18.4 Å². The van der Waals surface area contributed by atoms with Gasteiger partial charge in [0.15, 0.2) is 6.29 Å². The summed E-state index contributed by atoms with van der Waals surface area (Å²) in [6.07, 6.45) is 0.808. The Morgan fingerprint density at radius 1 is 1.33 bits per heavy atom. The number of carbonyl (C=O) groups is 1. The number of nitrogens with zero attached hydrogens (tertiary/aromatic N) is 1. The van der Waals surface area contributed by atoms with Gasteiger partial charge >= 0.3 is 0 Å². The van der Waals surface area contributed by atoms with Crippen LogP contribution in [0.1, 0.15) is 9.67 Å². The van der Waals surface area contributed by atoms with E-state index in [0.717, 1.165) is 11.8 Å². The zero-order chi connectivity index (χ0) is 10.7. The number of thiazole rings is 1. The summed E-state index contributed by atoms with van der Waals surface area (Å²) < 4.78 is 5.01. The van der Waals surface area contributed by atoms with Gasteiger partial charge < -0.3 is 4.74 Å². The molecule has 1 aromatic carbocycles. The number of hydrogen-bond donors (Lipinski definition) is 0. The second-order valence-electron chi connectivity index (χ2n) is 2.88. The molecule has 0 aliphatic carbocycles. The number of aldehydes is 1. The van der Waals surface area contributed by atoms with Crippen LogP contribution in [0.15, 0.2) is 30.3 Å². The minimum Gasteiger partial charge on any atom is -0.473 e. The highest BCUT2D eigenvalue weighted by Gasteiger charge is 2.12. The van der Waals surface area contributed by atoms with Crippen molar-refractivity contribution in [2.24, 2.45) is 0 Å². The molecule has 0 saturated carbocycles. The smallest absolute Gasteiger partial charge is 0.274 e. The molecule has 0 amide bonds. The Morgan fingerprint density at radius 3 is 2.67 bits per heavy atom. The maximum absolute atomic E-state index is 10.8. The largest absolute Gasteiger partial charge is 0.473 e. The summed E-state index contributed by atoms with van der Waals surface area (Å²) >= 11 is 1.25. The predicted octanol–water partition coefficient (Wildman–Crippen LogP) is 2.63. The summed E-state index contributed by atoms with van der Waals surface area (Å²) in [7, 11) is 1.54. The van der Waals surface area contributed by atoms with Gasteiger partial charge in [-0.2, -0.15) is 0 Å². The third kappa shape index (κ3) is 1.89. The molecule has 0 bridgehead atoms. The number of hydrogen-bond acceptors (Lipinski definition) is 4. The number of carbonyl (C=O) groups excluding carboxylic acids is 1. The Labute approximate surface area is 91.4 Å². The quantitative estimate of drug-likeness (QED) is 0.745. The highest BCUT2D eigenvalue weighted by molar-refractivity contribution is 7.15. The van der Waals surface area contributed by atoms with Gasteiger partial charge in [0.1, 0.15) is 0 Å². The van der Waals surface area contributed by atoms with E-state index >= 15 is 0 Å². The molecule has 2 rings (SSSR count). The van der Waals surface area contributed by atoms with E-state index in [1.54, 1.807) is 7.11 Å². The molecule has 1 heterocycles. The Balaban J connectivity index is 2.52. The molecule has 2 aromatic rings. The number of benzene rings is 1. The maximum atomic E-state index is 10.8. The van der Waals surface area contributed by atoms with Gasteiger partial charge in [-0.05, 0) is 0 Å². The van der Waals surface area contributed by atoms with Crippen molar-refractivity contribution in [2.45, 2.75) is 0 Å². The average Bonchev–Trinajstić information content (AvgIpc) is 2.73. The van der Waals surface area contributed by atoms with E-state index in [1.807, 2.05) is 30.3 Å². The Kier molecular flexibility index (Phi) is 2.78. The van der Waals surface area contributed by atoms with Crippen molar-refractivity contribution in [3.8, 4) is 16.5 Å². The summed E-state index contributed by atoms with van der Waals surface area (Å²) in [5, 5.41) is 0.510. The van der Waals surface area contributed by atoms with E-state index in [0.29, 0.717) is 15.8 Å². The zero-order valence-electron chi connectivity index (χ0n) is 8.14. The first-order valence-electron chi connectivity index (χ1n) is 4.40. The van der Waals surface area contributed by atoms with Gasteiger partial charge in [0, 0.05) is 5.56 Å². The van der Waals surface area contributed by atoms with Gasteiger partial charge in [0.25, 0.3) is 5.19 Å². The van der Waals surface area contributed by atoms with E-state index < -0.39 is 0 Å². The van der Waals surface area contributed by atoms with Crippen LogP contribution in [0, 0.1) is 0 Å². The summed E-state index contributed by atoms with van der Waals surface area (Å²) in [4.78, 5) is 15.7. The van der Waals surface area contributed by atoms with Crippen LogP contribution in [0.3, 0.4) is 0 Å². The van der Waals surface area contributed by atoms with Crippen molar-refractivity contribution in [1.82, 2.24) is 4.98 Å². The van der Waals surface area contributed by atoms with Crippen molar-refractivity contribution < 1.29 is 9.53 Å². The van der Waals surface area contributed by atoms with E-state index in [1.165, 1.54) is 11.3 Å². The van der Waals surface area contributed by atoms with E-state index in [4.69, 9.17) is 4.74 Å². The van der Waals surface area contributed by atoms with Crippen LogP contribution in [-0.2, 0) is 0 Å². The molecule has 0 aliphatic rings. The van der Waals surface area contributed by atoms with Gasteiger partial charge in [-0.25, -0.2) is 4.98 Å². The number of rotatable bonds is 3. The van der Waals surface area contributed by atoms with Gasteiger partial charge in [-0.3, -0.25) is 4.79 Å². The van der Waals surface area contributed by atoms with Crippen LogP contribution >= 0.6 is 11.3 Å². The predicted molar refractivity (Wildman–Crippen MR) is 59.5 cm³/mol. The van der Waals surface area contributed by atoms with Crippen molar-refractivity contribution in [3.63, 3.8) is 0 Å². The molecule has 0 fully saturated rings. The van der Waals surface area contributed by atoms with Crippen molar-refractivity contribution in [2.75, 3.05) is 7.11 Å². The lowest BCUT2D eigenvalue weighted by molar-refractivity contribution is 0.112. The summed E-state index contributed by atoms with van der Waals surface area (Å²) in [5.74, 6) is 0. The molecule has 0 atom stereocenters. The van der Waals surface area contributed by atoms with Gasteiger partial charge in [-0.1, -0.05) is 41.7 Å². The first-order valence-corrected chi connectivity index (χ1v) is 5.22. The van der Waals surface area contributed by atoms with Crippen molar-refractivity contribution in [3.05, 3.63) is 35.2 Å². The van der Waals surface area contributed by atoms with Crippen molar-refractivity contribution >= 4 is 17.6 Å². The number of aromatic nitrogens is 1. The molecule has 3 nitrogen and oxygen atoms in total. The van der Waals surface area contributed by atoms with Crippen LogP contribution in [0.25, 0.3) is 11.3 Å². The molecular formula is C11H9NO2S. The lowest BCUT2D eigenvalue weighted by Crippen LogP contribution is -1.83. The van der Waals surface area contributed by atoms with Gasteiger partial charge in [0.05, 0.1) is 17.7 Å². The molecular weight excluding hydrogens is 210 g/mol. The SMILES string of the molecule is COc1nc(-c2ccccc2)c(C=O)s1. The molecule has 0 N–H and O–H groups in total. The Hall–Kier alpha value is -1.68. The third-order valence-electron chi connectivity index (χ3n) is 1.96. The van der Waals surface area contributed by atoms with E-state index in [2.05, 4.69) is 4.98 Å². The van der Waals surface area contributed by atoms with E-state index in [9.17, 15) is 4.79 Å². The molecule has 0 radical (unpaired) electrons. The monoisotopic (exact) mass is 219 g/mol. The number of methoxy groups -OCH3 is 1. The highest BCUT2D eigenvalue weighted by atomic mass is 32.1. The highest BCUT2D eigenvalue weighted by Crippen LogP contribution is 2.30. The first kappa shape index (κ1) is 9.86. The van der Waals surface area contributed by atoms with Crippen LogP contribution in [0.4, 0.5) is 0 Å². The lowest BCUT2D eigenvalue weighted by atomic mass is 10.1. The zero-order valence-corrected chi connectivity index (χ0v) is 8.95. The second kappa shape index (κ2) is 4.23. The molecule has 0 aliphatic heterocycles. The summed E-state index contributed by atoms with van der Waals surface area (Å²) in [6.45, 7) is 0. The Bertz CT molecular complexity index is 465. The molecule has 15 heavy (non-hydrogen) atoms. The minimum atomic E-state index is 0.510. The van der Waals surface area contributed by atoms with Gasteiger partial charge in [0.2, 0.25) is 0 Å². The Morgan fingerprint density at radius 2 is 2.07 bits per heavy atom. The third-order valence-corrected chi connectivity index (χ3v) is 2.90. The maximum Gasteiger partial charge on any atom is 0.274 e. The standard InChI is InChI=1S/C11H9NO2S/c1-14-11-12-10(9(7-13)15-11)8-5-3-2-4-6-8/h2-7H,1H3. The molecule has 0 saturated heterocycles. The molecule has 76 valence electrons. The fourth-order valence-corrected chi connectivity index (χ4v) is 2.00. The normalized spacial score (nSPS) is 9.93.